The van der Waals surface area contributed by atoms with Crippen molar-refractivity contribution in [1.82, 2.24) is 4.98 Å². The molecule has 112 valence electrons. The van der Waals surface area contributed by atoms with E-state index >= 15 is 0 Å². The second-order valence-corrected chi connectivity index (χ2v) is 6.34. The van der Waals surface area contributed by atoms with Gasteiger partial charge in [-0.25, -0.2) is 17.8 Å². The van der Waals surface area contributed by atoms with E-state index in [0.717, 1.165) is 12.3 Å². The second kappa shape index (κ2) is 6.56. The predicted molar refractivity (Wildman–Crippen MR) is 80.2 cm³/mol. The number of aromatic nitrogens is 1. The lowest BCUT2D eigenvalue weighted by molar-refractivity contribution is 0.599. The summed E-state index contributed by atoms with van der Waals surface area (Å²) in [4.78, 5) is 3.20. The van der Waals surface area contributed by atoms with E-state index in [1.54, 1.807) is 12.1 Å². The van der Waals surface area contributed by atoms with Gasteiger partial charge in [0.05, 0.1) is 5.02 Å². The molecule has 0 spiro atoms. The molecule has 1 heterocycles. The number of sulfone groups is 1. The van der Waals surface area contributed by atoms with E-state index in [-0.39, 0.29) is 10.0 Å². The van der Waals surface area contributed by atoms with Crippen molar-refractivity contribution in [3.8, 4) is 6.07 Å². The third kappa shape index (κ3) is 3.42. The van der Waals surface area contributed by atoms with Gasteiger partial charge in [0.25, 0.3) is 0 Å². The molecule has 0 saturated carbocycles. The van der Waals surface area contributed by atoms with E-state index < -0.39 is 20.6 Å². The average Bonchev–Trinajstić information content (AvgIpc) is 2.52. The van der Waals surface area contributed by atoms with Crippen LogP contribution in [0.1, 0.15) is 0 Å². The zero-order chi connectivity index (χ0) is 16.2. The first kappa shape index (κ1) is 15.9. The maximum atomic E-state index is 13.0. The number of nitrogens with zero attached hydrogens (tertiary/aromatic N) is 2. The number of nitriles is 1. The molecule has 5 nitrogen and oxygen atoms in total. The van der Waals surface area contributed by atoms with Crippen molar-refractivity contribution < 1.29 is 12.8 Å². The number of hydrogen-bond acceptors (Lipinski definition) is 5. The Morgan fingerprint density at radius 1 is 1.36 bits per heavy atom. The topological polar surface area (TPSA) is 82.9 Å². The molecule has 0 fully saturated rings. The maximum absolute atomic E-state index is 13.0. The number of nitrogens with one attached hydrogen (secondary N) is 1. The molecule has 0 radical (unpaired) electrons. The monoisotopic (exact) mass is 337 g/mol. The quantitative estimate of drug-likeness (QED) is 0.867. The van der Waals surface area contributed by atoms with Crippen LogP contribution in [0.25, 0.3) is 0 Å². The summed E-state index contributed by atoms with van der Waals surface area (Å²) in [6.07, 6.45) is 2.32. The van der Waals surface area contributed by atoms with Crippen LogP contribution in [0.2, 0.25) is 5.02 Å². The molecule has 0 bridgehead atoms. The largest absolute Gasteiger partial charge is 0.360 e. The molecule has 1 N–H and O–H groups in total. The van der Waals surface area contributed by atoms with Crippen LogP contribution < -0.4 is 5.32 Å². The number of allylic oxidation sites excluding steroid dienone is 1. The van der Waals surface area contributed by atoms with Gasteiger partial charge in [-0.1, -0.05) is 17.7 Å². The van der Waals surface area contributed by atoms with Crippen molar-refractivity contribution in [2.45, 2.75) is 5.03 Å². The van der Waals surface area contributed by atoms with Crippen LogP contribution in [0.4, 0.5) is 10.1 Å². The lowest BCUT2D eigenvalue weighted by Gasteiger charge is -2.04. The third-order valence-corrected chi connectivity index (χ3v) is 4.47. The van der Waals surface area contributed by atoms with E-state index in [0.29, 0.717) is 5.69 Å². The van der Waals surface area contributed by atoms with E-state index in [9.17, 15) is 12.8 Å². The molecule has 0 aliphatic heterocycles. The molecule has 2 rings (SSSR count). The lowest BCUT2D eigenvalue weighted by Crippen LogP contribution is -2.07. The van der Waals surface area contributed by atoms with Crippen LogP contribution in [0.15, 0.2) is 58.7 Å². The highest BCUT2D eigenvalue weighted by Crippen LogP contribution is 2.21. The molecule has 0 aliphatic carbocycles. The van der Waals surface area contributed by atoms with Gasteiger partial charge < -0.3 is 5.32 Å². The summed E-state index contributed by atoms with van der Waals surface area (Å²) in [5.41, 5.74) is 0.343. The summed E-state index contributed by atoms with van der Waals surface area (Å²) in [6, 6.07) is 9.71. The number of rotatable bonds is 4. The summed E-state index contributed by atoms with van der Waals surface area (Å²) in [5, 5.41) is 11.3. The first-order chi connectivity index (χ1) is 10.4. The Labute approximate surface area is 131 Å². The van der Waals surface area contributed by atoms with Crippen LogP contribution >= 0.6 is 11.6 Å². The minimum absolute atomic E-state index is 0.121. The number of benzene rings is 1. The van der Waals surface area contributed by atoms with Gasteiger partial charge in [-0.2, -0.15) is 5.26 Å². The summed E-state index contributed by atoms with van der Waals surface area (Å²) in [5.74, 6) is -0.599. The molecule has 0 amide bonds. The molecule has 0 unspecified atom stereocenters. The van der Waals surface area contributed by atoms with Gasteiger partial charge in [0.15, 0.2) is 9.93 Å². The Kier molecular flexibility index (Phi) is 4.75. The van der Waals surface area contributed by atoms with Crippen molar-refractivity contribution in [1.29, 1.82) is 5.26 Å². The van der Waals surface area contributed by atoms with E-state index in [1.165, 1.54) is 30.5 Å². The number of pyridine rings is 1. The highest BCUT2D eigenvalue weighted by molar-refractivity contribution is 7.95. The van der Waals surface area contributed by atoms with Gasteiger partial charge >= 0.3 is 0 Å². The van der Waals surface area contributed by atoms with Gasteiger partial charge in [0, 0.05) is 18.1 Å². The van der Waals surface area contributed by atoms with Crippen molar-refractivity contribution in [2.24, 2.45) is 0 Å². The van der Waals surface area contributed by atoms with Crippen LogP contribution in [0, 0.1) is 17.1 Å². The number of hydrogen-bond donors (Lipinski definition) is 1. The summed E-state index contributed by atoms with van der Waals surface area (Å²) < 4.78 is 37.5. The Morgan fingerprint density at radius 2 is 2.14 bits per heavy atom. The molecule has 1 aromatic carbocycles. The minimum atomic E-state index is -4.02. The maximum Gasteiger partial charge on any atom is 0.235 e. The standard InChI is InChI=1S/C14H9ClFN3O2S/c15-12-7-10(4-5-13(12)16)19-9-11(8-17)22(20,21)14-3-1-2-6-18-14/h1-7,9,19H/b11-9-. The Bertz CT molecular complexity index is 861. The summed E-state index contributed by atoms with van der Waals surface area (Å²) >= 11 is 5.62. The predicted octanol–water partition coefficient (Wildman–Crippen LogP) is 3.12. The van der Waals surface area contributed by atoms with E-state index in [1.807, 2.05) is 0 Å². The lowest BCUT2D eigenvalue weighted by atomic mass is 10.3. The molecule has 0 atom stereocenters. The van der Waals surface area contributed by atoms with E-state index in [4.69, 9.17) is 16.9 Å². The van der Waals surface area contributed by atoms with Gasteiger partial charge in [-0.05, 0) is 30.3 Å². The average molecular weight is 338 g/mol. The normalized spacial score (nSPS) is 11.8. The van der Waals surface area contributed by atoms with Crippen LogP contribution in [-0.2, 0) is 9.84 Å². The first-order valence-electron chi connectivity index (χ1n) is 5.93. The zero-order valence-electron chi connectivity index (χ0n) is 11.0. The Morgan fingerprint density at radius 3 is 2.73 bits per heavy atom. The fraction of sp³-hybridized carbons (Fsp3) is 0. The Balaban J connectivity index is 2.32. The number of anilines is 1. The van der Waals surface area contributed by atoms with Crippen molar-refractivity contribution in [3.63, 3.8) is 0 Å². The third-order valence-electron chi connectivity index (χ3n) is 2.60. The highest BCUT2D eigenvalue weighted by Gasteiger charge is 2.21. The number of halogens is 2. The fourth-order valence-electron chi connectivity index (χ4n) is 1.52. The van der Waals surface area contributed by atoms with Gasteiger partial charge in [-0.3, -0.25) is 0 Å². The van der Waals surface area contributed by atoms with Crippen LogP contribution in [0.3, 0.4) is 0 Å². The SMILES string of the molecule is N#C/C(=C/Nc1ccc(F)c(Cl)c1)S(=O)(=O)c1ccccn1. The molecule has 1 aromatic heterocycles. The molecule has 8 heteroatoms. The second-order valence-electron chi connectivity index (χ2n) is 4.07. The van der Waals surface area contributed by atoms with Crippen LogP contribution in [0.5, 0.6) is 0 Å². The molecule has 0 saturated heterocycles. The highest BCUT2D eigenvalue weighted by atomic mass is 35.5. The smallest absolute Gasteiger partial charge is 0.235 e. The fourth-order valence-corrected chi connectivity index (χ4v) is 2.72. The minimum Gasteiger partial charge on any atom is -0.360 e. The van der Waals surface area contributed by atoms with E-state index in [2.05, 4.69) is 10.3 Å². The van der Waals surface area contributed by atoms with Crippen molar-refractivity contribution in [3.05, 3.63) is 64.5 Å². The van der Waals surface area contributed by atoms with Crippen LogP contribution in [-0.4, -0.2) is 13.4 Å². The summed E-state index contributed by atoms with van der Waals surface area (Å²) in [6.45, 7) is 0. The van der Waals surface area contributed by atoms with Gasteiger partial charge in [-0.15, -0.1) is 0 Å². The molecular formula is C14H9ClFN3O2S. The van der Waals surface area contributed by atoms with Crippen molar-refractivity contribution >= 4 is 27.1 Å². The van der Waals surface area contributed by atoms with Crippen molar-refractivity contribution in [2.75, 3.05) is 5.32 Å². The molecule has 0 aliphatic rings. The molecule has 22 heavy (non-hydrogen) atoms. The summed E-state index contributed by atoms with van der Waals surface area (Å²) in [7, 11) is -4.02. The van der Waals surface area contributed by atoms with Gasteiger partial charge in [0.1, 0.15) is 11.9 Å². The zero-order valence-corrected chi connectivity index (χ0v) is 12.6. The van der Waals surface area contributed by atoms with Gasteiger partial charge in [0.2, 0.25) is 9.84 Å². The Hall–Kier alpha value is -2.43. The molecule has 2 aromatic rings. The molecular weight excluding hydrogens is 329 g/mol. The first-order valence-corrected chi connectivity index (χ1v) is 7.79.